The van der Waals surface area contributed by atoms with E-state index >= 15 is 0 Å². The van der Waals surface area contributed by atoms with Crippen LogP contribution in [-0.4, -0.2) is 15.4 Å². The summed E-state index contributed by atoms with van der Waals surface area (Å²) < 4.78 is 14.8. The largest absolute Gasteiger partial charge is 0.362 e. The van der Waals surface area contributed by atoms with Crippen LogP contribution >= 0.6 is 11.3 Å². The molecule has 1 aromatic carbocycles. The van der Waals surface area contributed by atoms with Crippen LogP contribution in [0.4, 0.5) is 10.1 Å². The van der Waals surface area contributed by atoms with Crippen molar-refractivity contribution in [2.45, 2.75) is 32.9 Å². The van der Waals surface area contributed by atoms with Crippen molar-refractivity contribution < 1.29 is 4.39 Å². The molecule has 1 unspecified atom stereocenters. The van der Waals surface area contributed by atoms with Gasteiger partial charge in [-0.3, -0.25) is 4.79 Å². The first-order chi connectivity index (χ1) is 12.0. The molecule has 0 aliphatic carbocycles. The van der Waals surface area contributed by atoms with Crippen molar-refractivity contribution in [3.05, 3.63) is 62.3 Å². The van der Waals surface area contributed by atoms with E-state index in [0.29, 0.717) is 22.9 Å². The normalized spacial score (nSPS) is 16.2. The molecule has 0 amide bonds. The first-order valence-electron chi connectivity index (χ1n) is 7.95. The molecule has 0 saturated carbocycles. The molecule has 2 aromatic heterocycles. The van der Waals surface area contributed by atoms with Crippen LogP contribution in [-0.2, 0) is 13.0 Å². The van der Waals surface area contributed by atoms with Crippen molar-refractivity contribution >= 4 is 22.0 Å². The number of anilines is 1. The highest BCUT2D eigenvalue weighted by Gasteiger charge is 2.27. The summed E-state index contributed by atoms with van der Waals surface area (Å²) in [6.07, 6.45) is 0.769. The van der Waals surface area contributed by atoms with E-state index in [2.05, 4.69) is 22.9 Å². The summed E-state index contributed by atoms with van der Waals surface area (Å²) in [6, 6.07) is 8.55. The van der Waals surface area contributed by atoms with E-state index in [-0.39, 0.29) is 17.4 Å². The highest BCUT2D eigenvalue weighted by molar-refractivity contribution is 7.17. The molecule has 5 nitrogen and oxygen atoms in total. The zero-order chi connectivity index (χ0) is 17.7. The molecule has 4 rings (SSSR count). The average molecular weight is 354 g/mol. The summed E-state index contributed by atoms with van der Waals surface area (Å²) >= 11 is 1.34. The maximum Gasteiger partial charge on any atom is 0.259 e. The number of nitriles is 1. The molecule has 3 aromatic rings. The maximum atomic E-state index is 13.4. The van der Waals surface area contributed by atoms with E-state index in [4.69, 9.17) is 0 Å². The van der Waals surface area contributed by atoms with E-state index in [1.807, 2.05) is 6.92 Å². The number of hydrogen-bond acceptors (Lipinski definition) is 5. The zero-order valence-corrected chi connectivity index (χ0v) is 14.6. The van der Waals surface area contributed by atoms with E-state index in [9.17, 15) is 14.4 Å². The van der Waals surface area contributed by atoms with Gasteiger partial charge in [-0.2, -0.15) is 5.26 Å². The first kappa shape index (κ1) is 15.8. The Morgan fingerprint density at radius 2 is 2.24 bits per heavy atom. The number of fused-ring (bicyclic) bond motifs is 2. The number of halogens is 1. The SMILES string of the molecule is Cc1sc2nc(CN3c4ccc(F)cc4CC3C)cc(=O)n2c1C#N. The molecule has 1 aliphatic rings. The quantitative estimate of drug-likeness (QED) is 0.710. The molecule has 0 saturated heterocycles. The van der Waals surface area contributed by atoms with Crippen LogP contribution in [0, 0.1) is 24.1 Å². The zero-order valence-electron chi connectivity index (χ0n) is 13.8. The Morgan fingerprint density at radius 1 is 1.44 bits per heavy atom. The van der Waals surface area contributed by atoms with Gasteiger partial charge < -0.3 is 4.90 Å². The minimum Gasteiger partial charge on any atom is -0.362 e. The van der Waals surface area contributed by atoms with Crippen LogP contribution < -0.4 is 10.5 Å². The van der Waals surface area contributed by atoms with E-state index in [1.54, 1.807) is 12.1 Å². The lowest BCUT2D eigenvalue weighted by Crippen LogP contribution is -2.30. The standard InChI is InChI=1S/C18H15FN4OS/c1-10-5-12-6-13(19)3-4-15(12)22(10)9-14-7-17(24)23-16(8-20)11(2)25-18(23)21-14/h3-4,6-7,10H,5,9H2,1-2H3. The van der Waals surface area contributed by atoms with Crippen LogP contribution in [0.5, 0.6) is 0 Å². The lowest BCUT2D eigenvalue weighted by Gasteiger charge is -2.24. The third-order valence-corrected chi connectivity index (χ3v) is 5.54. The van der Waals surface area contributed by atoms with Crippen molar-refractivity contribution in [1.29, 1.82) is 5.26 Å². The van der Waals surface area contributed by atoms with Crippen molar-refractivity contribution in [3.63, 3.8) is 0 Å². The molecule has 0 fully saturated rings. The smallest absolute Gasteiger partial charge is 0.259 e. The molecule has 1 aliphatic heterocycles. The number of nitrogens with zero attached hydrogens (tertiary/aromatic N) is 4. The maximum absolute atomic E-state index is 13.4. The molecule has 0 N–H and O–H groups in total. The van der Waals surface area contributed by atoms with E-state index in [1.165, 1.54) is 27.9 Å². The summed E-state index contributed by atoms with van der Waals surface area (Å²) in [6.45, 7) is 4.36. The Hall–Kier alpha value is -2.72. The predicted molar refractivity (Wildman–Crippen MR) is 94.5 cm³/mol. The van der Waals surface area contributed by atoms with Crippen molar-refractivity contribution in [3.8, 4) is 6.07 Å². The number of aromatic nitrogens is 2. The second-order valence-corrected chi connectivity index (χ2v) is 7.46. The fourth-order valence-electron chi connectivity index (χ4n) is 3.41. The van der Waals surface area contributed by atoms with Crippen LogP contribution in [0.3, 0.4) is 0 Å². The second kappa shape index (κ2) is 5.67. The number of thiazole rings is 1. The molecular formula is C18H15FN4OS. The van der Waals surface area contributed by atoms with E-state index < -0.39 is 0 Å². The van der Waals surface area contributed by atoms with Crippen LogP contribution in [0.2, 0.25) is 0 Å². The minimum absolute atomic E-state index is 0.205. The van der Waals surface area contributed by atoms with Crippen LogP contribution in [0.15, 0.2) is 29.1 Å². The van der Waals surface area contributed by atoms with Crippen molar-refractivity contribution in [2.24, 2.45) is 0 Å². The second-order valence-electron chi connectivity index (χ2n) is 6.28. The molecule has 7 heteroatoms. The monoisotopic (exact) mass is 354 g/mol. The molecule has 3 heterocycles. The Kier molecular flexibility index (Phi) is 3.58. The molecule has 0 spiro atoms. The lowest BCUT2D eigenvalue weighted by atomic mass is 10.1. The van der Waals surface area contributed by atoms with E-state index in [0.717, 1.165) is 22.5 Å². The van der Waals surface area contributed by atoms with Crippen LogP contribution in [0.25, 0.3) is 4.96 Å². The third kappa shape index (κ3) is 2.50. The van der Waals surface area contributed by atoms with Gasteiger partial charge in [-0.25, -0.2) is 13.8 Å². The summed E-state index contributed by atoms with van der Waals surface area (Å²) in [5, 5.41) is 9.23. The fraction of sp³-hybridized carbons (Fsp3) is 0.278. The van der Waals surface area contributed by atoms with Gasteiger partial charge in [-0.15, -0.1) is 11.3 Å². The molecule has 0 bridgehead atoms. The lowest BCUT2D eigenvalue weighted by molar-refractivity contribution is 0.626. The Morgan fingerprint density at radius 3 is 3.00 bits per heavy atom. The number of hydrogen-bond donors (Lipinski definition) is 0. The Bertz CT molecular complexity index is 1090. The molecular weight excluding hydrogens is 339 g/mol. The molecule has 1 atom stereocenters. The van der Waals surface area contributed by atoms with Gasteiger partial charge in [0.1, 0.15) is 17.6 Å². The summed E-state index contributed by atoms with van der Waals surface area (Å²) in [5.41, 5.74) is 2.71. The topological polar surface area (TPSA) is 61.4 Å². The number of aryl methyl sites for hydroxylation is 1. The summed E-state index contributed by atoms with van der Waals surface area (Å²) in [7, 11) is 0. The van der Waals surface area contributed by atoms with Crippen LogP contribution in [0.1, 0.15) is 28.8 Å². The highest BCUT2D eigenvalue weighted by atomic mass is 32.1. The third-order valence-electron chi connectivity index (χ3n) is 4.58. The number of benzene rings is 1. The molecule has 126 valence electrons. The van der Waals surface area contributed by atoms with Gasteiger partial charge in [0.2, 0.25) is 0 Å². The van der Waals surface area contributed by atoms with Gasteiger partial charge >= 0.3 is 0 Å². The Labute approximate surface area is 147 Å². The van der Waals surface area contributed by atoms with Gasteiger partial charge in [0.25, 0.3) is 5.56 Å². The van der Waals surface area contributed by atoms with Crippen molar-refractivity contribution in [2.75, 3.05) is 4.90 Å². The van der Waals surface area contributed by atoms with Gasteiger partial charge in [0.15, 0.2) is 4.96 Å². The summed E-state index contributed by atoms with van der Waals surface area (Å²) in [5.74, 6) is -0.233. The van der Waals surface area contributed by atoms with Gasteiger partial charge in [0, 0.05) is 22.7 Å². The first-order valence-corrected chi connectivity index (χ1v) is 8.77. The van der Waals surface area contributed by atoms with Gasteiger partial charge in [-0.05, 0) is 44.0 Å². The fourth-order valence-corrected chi connectivity index (χ4v) is 4.36. The van der Waals surface area contributed by atoms with Gasteiger partial charge in [-0.1, -0.05) is 0 Å². The predicted octanol–water partition coefficient (Wildman–Crippen LogP) is 3.03. The summed E-state index contributed by atoms with van der Waals surface area (Å²) in [4.78, 5) is 20.5. The molecule has 25 heavy (non-hydrogen) atoms. The molecule has 0 radical (unpaired) electrons. The van der Waals surface area contributed by atoms with Crippen molar-refractivity contribution in [1.82, 2.24) is 9.38 Å². The average Bonchev–Trinajstić information content (AvgIpc) is 3.03. The highest BCUT2D eigenvalue weighted by Crippen LogP contribution is 2.33. The minimum atomic E-state index is -0.243. The number of rotatable bonds is 2. The Balaban J connectivity index is 1.75. The van der Waals surface area contributed by atoms with Gasteiger partial charge in [0.05, 0.1) is 12.2 Å².